The Kier molecular flexibility index (Phi) is 3.06. The molecule has 0 fully saturated rings. The summed E-state index contributed by atoms with van der Waals surface area (Å²) < 4.78 is 0. The number of aliphatic hydroxyl groups is 1. The molecule has 0 aromatic heterocycles. The Labute approximate surface area is 73.4 Å². The molecule has 0 saturated heterocycles. The second-order valence-electron chi connectivity index (χ2n) is 2.93. The lowest BCUT2D eigenvalue weighted by atomic mass is 9.96. The van der Waals surface area contributed by atoms with Crippen LogP contribution >= 0.6 is 0 Å². The fraction of sp³-hybridized carbons (Fsp3) is 0.273. The van der Waals surface area contributed by atoms with Crippen molar-refractivity contribution in [3.05, 3.63) is 48.6 Å². The molecule has 0 bridgehead atoms. The first-order valence-corrected chi connectivity index (χ1v) is 4.11. The van der Waals surface area contributed by atoms with Gasteiger partial charge in [0.1, 0.15) is 0 Å². The first kappa shape index (κ1) is 9.01. The molecular formula is C11H14O. The van der Waals surface area contributed by atoms with Gasteiger partial charge in [0, 0.05) is 5.92 Å². The summed E-state index contributed by atoms with van der Waals surface area (Å²) >= 11 is 0. The lowest BCUT2D eigenvalue weighted by Gasteiger charge is -2.14. The largest absolute Gasteiger partial charge is 0.388 e. The van der Waals surface area contributed by atoms with Crippen LogP contribution in [0.2, 0.25) is 0 Å². The van der Waals surface area contributed by atoms with Crippen molar-refractivity contribution in [2.45, 2.75) is 18.9 Å². The van der Waals surface area contributed by atoms with E-state index >= 15 is 0 Å². The third-order valence-electron chi connectivity index (χ3n) is 2.08. The van der Waals surface area contributed by atoms with Gasteiger partial charge < -0.3 is 5.11 Å². The Morgan fingerprint density at radius 3 is 2.42 bits per heavy atom. The molecular weight excluding hydrogens is 148 g/mol. The number of rotatable bonds is 3. The van der Waals surface area contributed by atoms with E-state index < -0.39 is 6.10 Å². The van der Waals surface area contributed by atoms with Crippen molar-refractivity contribution < 1.29 is 5.11 Å². The smallest absolute Gasteiger partial charge is 0.0784 e. The van der Waals surface area contributed by atoms with Gasteiger partial charge in [-0.15, -0.1) is 6.58 Å². The van der Waals surface area contributed by atoms with Crippen LogP contribution in [0.5, 0.6) is 0 Å². The Hall–Kier alpha value is -1.08. The molecule has 12 heavy (non-hydrogen) atoms. The molecule has 1 N–H and O–H groups in total. The van der Waals surface area contributed by atoms with Crippen molar-refractivity contribution in [2.24, 2.45) is 0 Å². The number of benzene rings is 1. The van der Waals surface area contributed by atoms with Crippen molar-refractivity contribution in [1.82, 2.24) is 0 Å². The number of hydrogen-bond acceptors (Lipinski definition) is 1. The van der Waals surface area contributed by atoms with E-state index in [9.17, 15) is 5.11 Å². The maximum atomic E-state index is 9.46. The molecule has 1 aromatic rings. The van der Waals surface area contributed by atoms with Crippen LogP contribution < -0.4 is 0 Å². The minimum atomic E-state index is -0.451. The summed E-state index contributed by atoms with van der Waals surface area (Å²) in [4.78, 5) is 0. The van der Waals surface area contributed by atoms with E-state index in [1.807, 2.05) is 37.3 Å². The van der Waals surface area contributed by atoms with E-state index in [1.54, 1.807) is 6.08 Å². The lowest BCUT2D eigenvalue weighted by Crippen LogP contribution is -2.11. The van der Waals surface area contributed by atoms with Crippen LogP contribution in [0.25, 0.3) is 0 Å². The van der Waals surface area contributed by atoms with Crippen molar-refractivity contribution in [2.75, 3.05) is 0 Å². The van der Waals surface area contributed by atoms with E-state index in [2.05, 4.69) is 6.58 Å². The van der Waals surface area contributed by atoms with E-state index in [0.29, 0.717) is 0 Å². The van der Waals surface area contributed by atoms with Gasteiger partial charge in [-0.2, -0.15) is 0 Å². The predicted octanol–water partition coefficient (Wildman–Crippen LogP) is 2.34. The molecule has 0 aliphatic rings. The lowest BCUT2D eigenvalue weighted by molar-refractivity contribution is 0.197. The molecule has 1 heteroatoms. The van der Waals surface area contributed by atoms with Gasteiger partial charge in [-0.3, -0.25) is 0 Å². The molecule has 0 aliphatic heterocycles. The van der Waals surface area contributed by atoms with Gasteiger partial charge in [-0.05, 0) is 5.56 Å². The summed E-state index contributed by atoms with van der Waals surface area (Å²) in [5, 5.41) is 9.46. The summed E-state index contributed by atoms with van der Waals surface area (Å²) in [6, 6.07) is 9.94. The fourth-order valence-corrected chi connectivity index (χ4v) is 1.16. The van der Waals surface area contributed by atoms with E-state index in [4.69, 9.17) is 0 Å². The van der Waals surface area contributed by atoms with Crippen molar-refractivity contribution in [3.63, 3.8) is 0 Å². The monoisotopic (exact) mass is 162 g/mol. The minimum absolute atomic E-state index is 0.128. The molecule has 0 spiro atoms. The number of aliphatic hydroxyl groups excluding tert-OH is 1. The topological polar surface area (TPSA) is 20.2 Å². The van der Waals surface area contributed by atoms with Crippen molar-refractivity contribution in [1.29, 1.82) is 0 Å². The summed E-state index contributed by atoms with van der Waals surface area (Å²) in [6.45, 7) is 5.54. The summed E-state index contributed by atoms with van der Waals surface area (Å²) in [5.74, 6) is 0.128. The zero-order valence-corrected chi connectivity index (χ0v) is 7.27. The van der Waals surface area contributed by atoms with Crippen LogP contribution in [-0.2, 0) is 0 Å². The van der Waals surface area contributed by atoms with Gasteiger partial charge in [0.2, 0.25) is 0 Å². The molecule has 1 rings (SSSR count). The van der Waals surface area contributed by atoms with E-state index in [1.165, 1.54) is 0 Å². The quantitative estimate of drug-likeness (QED) is 0.676. The fourth-order valence-electron chi connectivity index (χ4n) is 1.16. The van der Waals surface area contributed by atoms with Crippen LogP contribution in [0.4, 0.5) is 0 Å². The minimum Gasteiger partial charge on any atom is -0.388 e. The highest BCUT2D eigenvalue weighted by molar-refractivity contribution is 5.20. The van der Waals surface area contributed by atoms with E-state index in [0.717, 1.165) is 5.56 Å². The molecule has 0 heterocycles. The maximum absolute atomic E-state index is 9.46. The van der Waals surface area contributed by atoms with Gasteiger partial charge in [-0.25, -0.2) is 0 Å². The third kappa shape index (κ3) is 1.95. The van der Waals surface area contributed by atoms with Crippen molar-refractivity contribution >= 4 is 0 Å². The molecule has 1 aromatic carbocycles. The van der Waals surface area contributed by atoms with Gasteiger partial charge in [-0.1, -0.05) is 43.3 Å². The zero-order chi connectivity index (χ0) is 8.97. The Balaban J connectivity index is 2.78. The summed E-state index contributed by atoms with van der Waals surface area (Å²) in [6.07, 6.45) is 1.12. The second-order valence-corrected chi connectivity index (χ2v) is 2.93. The standard InChI is InChI=1S/C11H14O/c1-3-11(12)9(2)10-7-5-4-6-8-10/h3-9,11-12H,1H2,2H3. The first-order valence-electron chi connectivity index (χ1n) is 4.11. The molecule has 2 unspecified atom stereocenters. The van der Waals surface area contributed by atoms with Gasteiger partial charge in [0.05, 0.1) is 6.10 Å². The van der Waals surface area contributed by atoms with E-state index in [-0.39, 0.29) is 5.92 Å². The molecule has 64 valence electrons. The highest BCUT2D eigenvalue weighted by Crippen LogP contribution is 2.18. The molecule has 0 radical (unpaired) electrons. The Morgan fingerprint density at radius 1 is 1.33 bits per heavy atom. The molecule has 2 atom stereocenters. The molecule has 0 amide bonds. The highest BCUT2D eigenvalue weighted by Gasteiger charge is 2.11. The van der Waals surface area contributed by atoms with Crippen LogP contribution in [0.15, 0.2) is 43.0 Å². The van der Waals surface area contributed by atoms with Gasteiger partial charge in [0.25, 0.3) is 0 Å². The SMILES string of the molecule is C=CC(O)C(C)c1ccccc1. The predicted molar refractivity (Wildman–Crippen MR) is 51.1 cm³/mol. The summed E-state index contributed by atoms with van der Waals surface area (Å²) in [7, 11) is 0. The number of hydrogen-bond donors (Lipinski definition) is 1. The van der Waals surface area contributed by atoms with Crippen molar-refractivity contribution in [3.8, 4) is 0 Å². The van der Waals surface area contributed by atoms with Gasteiger partial charge in [0.15, 0.2) is 0 Å². The maximum Gasteiger partial charge on any atom is 0.0784 e. The Bertz CT molecular complexity index is 240. The highest BCUT2D eigenvalue weighted by atomic mass is 16.3. The van der Waals surface area contributed by atoms with Crippen LogP contribution in [0.1, 0.15) is 18.4 Å². The first-order chi connectivity index (χ1) is 5.75. The molecule has 1 nitrogen and oxygen atoms in total. The average molecular weight is 162 g/mol. The van der Waals surface area contributed by atoms with Crippen LogP contribution in [0, 0.1) is 0 Å². The third-order valence-corrected chi connectivity index (χ3v) is 2.08. The summed E-state index contributed by atoms with van der Waals surface area (Å²) in [5.41, 5.74) is 1.14. The Morgan fingerprint density at radius 2 is 1.92 bits per heavy atom. The van der Waals surface area contributed by atoms with Crippen LogP contribution in [0.3, 0.4) is 0 Å². The average Bonchev–Trinajstić information content (AvgIpc) is 2.17. The van der Waals surface area contributed by atoms with Crippen LogP contribution in [-0.4, -0.2) is 11.2 Å². The second kappa shape index (κ2) is 4.07. The van der Waals surface area contributed by atoms with Gasteiger partial charge >= 0.3 is 0 Å². The normalized spacial score (nSPS) is 15.2. The molecule has 0 saturated carbocycles. The zero-order valence-electron chi connectivity index (χ0n) is 7.27. The molecule has 0 aliphatic carbocycles.